The number of fused-ring (bicyclic) bond motifs is 1. The second-order valence-corrected chi connectivity index (χ2v) is 8.92. The normalized spacial score (nSPS) is 21.4. The second-order valence-electron chi connectivity index (χ2n) is 6.90. The van der Waals surface area contributed by atoms with E-state index in [1.165, 1.54) is 12.8 Å². The minimum atomic E-state index is -3.48. The number of halogens is 1. The summed E-state index contributed by atoms with van der Waals surface area (Å²) in [6.07, 6.45) is 5.72. The molecule has 4 nitrogen and oxygen atoms in total. The molecule has 0 amide bonds. The molecule has 0 atom stereocenters. The van der Waals surface area contributed by atoms with Crippen molar-refractivity contribution in [2.24, 2.45) is 5.92 Å². The number of hydrogen-bond acceptors (Lipinski definition) is 4. The third-order valence-corrected chi connectivity index (χ3v) is 5.62. The van der Waals surface area contributed by atoms with Gasteiger partial charge in [0.15, 0.2) is 0 Å². The van der Waals surface area contributed by atoms with Crippen molar-refractivity contribution in [2.45, 2.75) is 45.3 Å². The fourth-order valence-corrected chi connectivity index (χ4v) is 3.81. The predicted octanol–water partition coefficient (Wildman–Crippen LogP) is 4.93. The average molecular weight is 383 g/mol. The number of ether oxygens (including phenoxy) is 1. The van der Waals surface area contributed by atoms with Crippen LogP contribution in [0, 0.1) is 5.92 Å². The molecule has 1 saturated carbocycles. The fraction of sp³-hybridized carbons (Fsp3) is 0.474. The van der Waals surface area contributed by atoms with E-state index < -0.39 is 10.1 Å². The quantitative estimate of drug-likeness (QED) is 0.688. The van der Waals surface area contributed by atoms with Crippen LogP contribution in [-0.4, -0.2) is 20.8 Å². The smallest absolute Gasteiger partial charge is 0.264 e. The zero-order chi connectivity index (χ0) is 18.0. The summed E-state index contributed by atoms with van der Waals surface area (Å²) in [5.74, 6) is 1.46. The maximum Gasteiger partial charge on any atom is 0.264 e. The zero-order valence-corrected chi connectivity index (χ0v) is 16.1. The molecule has 1 fully saturated rings. The van der Waals surface area contributed by atoms with Crippen LogP contribution in [-0.2, 0) is 20.9 Å². The van der Waals surface area contributed by atoms with E-state index >= 15 is 0 Å². The Morgan fingerprint density at radius 3 is 2.48 bits per heavy atom. The van der Waals surface area contributed by atoms with Crippen molar-refractivity contribution in [3.63, 3.8) is 0 Å². The molecule has 0 spiro atoms. The second kappa shape index (κ2) is 7.52. The largest absolute Gasteiger partial charge is 0.489 e. The lowest BCUT2D eigenvalue weighted by Gasteiger charge is -2.27. The van der Waals surface area contributed by atoms with Crippen LogP contribution in [0.1, 0.15) is 38.2 Å². The maximum atomic E-state index is 11.2. The first-order valence-corrected chi connectivity index (χ1v) is 10.7. The van der Waals surface area contributed by atoms with Gasteiger partial charge in [0, 0.05) is 5.39 Å². The van der Waals surface area contributed by atoms with Crippen LogP contribution in [0.15, 0.2) is 30.3 Å². The molecule has 3 rings (SSSR count). The Morgan fingerprint density at radius 1 is 1.12 bits per heavy atom. The molecule has 0 aliphatic heterocycles. The van der Waals surface area contributed by atoms with Crippen molar-refractivity contribution < 1.29 is 17.3 Å². The molecular formula is C19H23ClO4S. The molecule has 6 heteroatoms. The summed E-state index contributed by atoms with van der Waals surface area (Å²) >= 11 is 6.57. The van der Waals surface area contributed by atoms with Gasteiger partial charge in [0.1, 0.15) is 5.75 Å². The topological polar surface area (TPSA) is 52.6 Å². The van der Waals surface area contributed by atoms with Gasteiger partial charge in [-0.05, 0) is 54.7 Å². The van der Waals surface area contributed by atoms with E-state index in [-0.39, 0.29) is 12.7 Å². The van der Waals surface area contributed by atoms with E-state index in [9.17, 15) is 8.42 Å². The van der Waals surface area contributed by atoms with E-state index in [0.717, 1.165) is 41.4 Å². The minimum absolute atomic E-state index is 0.00327. The molecule has 1 aliphatic rings. The van der Waals surface area contributed by atoms with Gasteiger partial charge in [-0.15, -0.1) is 0 Å². The van der Waals surface area contributed by atoms with Gasteiger partial charge in [0.05, 0.1) is 24.0 Å². The van der Waals surface area contributed by atoms with Crippen LogP contribution >= 0.6 is 11.6 Å². The number of hydrogen-bond donors (Lipinski definition) is 0. The van der Waals surface area contributed by atoms with Crippen LogP contribution in [0.5, 0.6) is 5.75 Å². The van der Waals surface area contributed by atoms with Crippen molar-refractivity contribution in [3.05, 3.63) is 40.9 Å². The highest BCUT2D eigenvalue weighted by Gasteiger charge is 2.20. The van der Waals surface area contributed by atoms with E-state index in [2.05, 4.69) is 6.92 Å². The first-order chi connectivity index (χ1) is 11.8. The van der Waals surface area contributed by atoms with Crippen molar-refractivity contribution in [3.8, 4) is 5.75 Å². The summed E-state index contributed by atoms with van der Waals surface area (Å²) in [4.78, 5) is 0. The Kier molecular flexibility index (Phi) is 5.56. The number of rotatable bonds is 5. The van der Waals surface area contributed by atoms with Gasteiger partial charge < -0.3 is 4.74 Å². The molecular weight excluding hydrogens is 360 g/mol. The van der Waals surface area contributed by atoms with Gasteiger partial charge in [-0.25, -0.2) is 0 Å². The molecule has 136 valence electrons. The van der Waals surface area contributed by atoms with Crippen LogP contribution in [0.2, 0.25) is 5.02 Å². The monoisotopic (exact) mass is 382 g/mol. The third-order valence-electron chi connectivity index (χ3n) is 4.68. The highest BCUT2D eigenvalue weighted by Crippen LogP contribution is 2.36. The van der Waals surface area contributed by atoms with E-state index in [1.54, 1.807) is 0 Å². The summed E-state index contributed by atoms with van der Waals surface area (Å²) in [6, 6.07) is 9.50. The Hall–Kier alpha value is -1.30. The Morgan fingerprint density at radius 2 is 1.80 bits per heavy atom. The van der Waals surface area contributed by atoms with E-state index in [1.807, 2.05) is 30.3 Å². The lowest BCUT2D eigenvalue weighted by molar-refractivity contribution is 0.136. The standard InChI is InChI=1S/C19H23ClO4S/c1-13-3-8-16(9-4-13)24-18-10-7-15-6-5-14(11-17(15)19(18)20)12-23-25(2,21)22/h5-7,10-11,13,16H,3-4,8-9,12H2,1-2H3/t13-,16+. The van der Waals surface area contributed by atoms with Crippen molar-refractivity contribution in [1.82, 2.24) is 0 Å². The summed E-state index contributed by atoms with van der Waals surface area (Å²) in [7, 11) is -3.48. The van der Waals surface area contributed by atoms with Crippen molar-refractivity contribution in [1.29, 1.82) is 0 Å². The first kappa shape index (κ1) is 18.5. The maximum absolute atomic E-state index is 11.2. The molecule has 25 heavy (non-hydrogen) atoms. The molecule has 2 aromatic carbocycles. The van der Waals surface area contributed by atoms with Gasteiger partial charge in [-0.1, -0.05) is 36.7 Å². The molecule has 0 bridgehead atoms. The van der Waals surface area contributed by atoms with Crippen LogP contribution in [0.25, 0.3) is 10.8 Å². The SMILES string of the molecule is CS(=O)(=O)OCc1ccc2ccc(O[C@H]3CC[C@@H](C)CC3)c(Cl)c2c1. The molecule has 1 aliphatic carbocycles. The summed E-state index contributed by atoms with van der Waals surface area (Å²) in [5, 5.41) is 2.40. The van der Waals surface area contributed by atoms with Gasteiger partial charge >= 0.3 is 0 Å². The Bertz CT molecular complexity index is 855. The minimum Gasteiger partial charge on any atom is -0.489 e. The van der Waals surface area contributed by atoms with Gasteiger partial charge in [-0.2, -0.15) is 8.42 Å². The van der Waals surface area contributed by atoms with Gasteiger partial charge in [0.2, 0.25) is 0 Å². The summed E-state index contributed by atoms with van der Waals surface area (Å²) in [6.45, 7) is 2.27. The van der Waals surface area contributed by atoms with Crippen molar-refractivity contribution in [2.75, 3.05) is 6.26 Å². The Labute approximate surface area is 154 Å². The summed E-state index contributed by atoms with van der Waals surface area (Å²) < 4.78 is 33.3. The molecule has 0 N–H and O–H groups in total. The zero-order valence-electron chi connectivity index (χ0n) is 14.5. The summed E-state index contributed by atoms with van der Waals surface area (Å²) in [5.41, 5.74) is 0.753. The molecule has 0 radical (unpaired) electrons. The van der Waals surface area contributed by atoms with Crippen LogP contribution in [0.4, 0.5) is 0 Å². The highest BCUT2D eigenvalue weighted by atomic mass is 35.5. The fourth-order valence-electron chi connectivity index (χ4n) is 3.19. The Balaban J connectivity index is 1.82. The van der Waals surface area contributed by atoms with Gasteiger partial charge in [0.25, 0.3) is 10.1 Å². The molecule has 0 saturated heterocycles. The van der Waals surface area contributed by atoms with Gasteiger partial charge in [-0.3, -0.25) is 4.18 Å². The first-order valence-electron chi connectivity index (χ1n) is 8.54. The molecule has 0 aromatic heterocycles. The van der Waals surface area contributed by atoms with Crippen LogP contribution in [0.3, 0.4) is 0 Å². The van der Waals surface area contributed by atoms with Crippen molar-refractivity contribution >= 4 is 32.5 Å². The average Bonchev–Trinajstić information content (AvgIpc) is 2.57. The molecule has 0 unspecified atom stereocenters. The molecule has 0 heterocycles. The predicted molar refractivity (Wildman–Crippen MR) is 101 cm³/mol. The van der Waals surface area contributed by atoms with E-state index in [4.69, 9.17) is 20.5 Å². The third kappa shape index (κ3) is 4.87. The van der Waals surface area contributed by atoms with Crippen LogP contribution < -0.4 is 4.74 Å². The molecule has 2 aromatic rings. The lowest BCUT2D eigenvalue weighted by atomic mass is 9.89. The number of benzene rings is 2. The lowest BCUT2D eigenvalue weighted by Crippen LogP contribution is -2.23. The van der Waals surface area contributed by atoms with E-state index in [0.29, 0.717) is 10.8 Å². The highest BCUT2D eigenvalue weighted by molar-refractivity contribution is 7.85.